The van der Waals surface area contributed by atoms with Gasteiger partial charge in [-0.15, -0.1) is 0 Å². The summed E-state index contributed by atoms with van der Waals surface area (Å²) in [4.78, 5) is 0. The van der Waals surface area contributed by atoms with E-state index in [1.54, 1.807) is 6.92 Å². The highest BCUT2D eigenvalue weighted by Crippen LogP contribution is 2.10. The van der Waals surface area contributed by atoms with E-state index in [-0.39, 0.29) is 12.2 Å². The fourth-order valence-corrected chi connectivity index (χ4v) is 0.866. The van der Waals surface area contributed by atoms with Crippen LogP contribution in [0.3, 0.4) is 0 Å². The summed E-state index contributed by atoms with van der Waals surface area (Å²) >= 11 is 0. The molecule has 1 rings (SSSR count). The van der Waals surface area contributed by atoms with Crippen LogP contribution in [0.2, 0.25) is 0 Å². The average molecular weight is 202 g/mol. The molecule has 0 aliphatic rings. The van der Waals surface area contributed by atoms with Gasteiger partial charge in [-0.2, -0.15) is 0 Å². The molecule has 1 aromatic rings. The third kappa shape index (κ3) is 4.33. The Bertz CT molecular complexity index is 261. The molecule has 14 heavy (non-hydrogen) atoms. The molecule has 0 saturated carbocycles. The van der Waals surface area contributed by atoms with Crippen LogP contribution in [0.1, 0.15) is 26.3 Å². The first kappa shape index (κ1) is 13.0. The van der Waals surface area contributed by atoms with Gasteiger partial charge in [0.1, 0.15) is 11.6 Å². The molecule has 0 amide bonds. The van der Waals surface area contributed by atoms with Crippen LogP contribution in [-0.2, 0) is 11.3 Å². The smallest absolute Gasteiger partial charge is 0.128 e. The number of halogens is 2. The van der Waals surface area contributed by atoms with Gasteiger partial charge in [0.05, 0.1) is 6.61 Å². The van der Waals surface area contributed by atoms with E-state index in [1.807, 2.05) is 13.8 Å². The SMILES string of the molecule is CC.CCOCc1cc(F)ccc1F. The van der Waals surface area contributed by atoms with E-state index in [1.165, 1.54) is 0 Å². The molecule has 0 radical (unpaired) electrons. The van der Waals surface area contributed by atoms with E-state index in [4.69, 9.17) is 4.74 Å². The van der Waals surface area contributed by atoms with Gasteiger partial charge in [0, 0.05) is 12.2 Å². The first-order valence-corrected chi connectivity index (χ1v) is 4.75. The normalized spacial score (nSPS) is 9.21. The maximum absolute atomic E-state index is 12.8. The molecule has 0 saturated heterocycles. The molecule has 0 aliphatic heterocycles. The quantitative estimate of drug-likeness (QED) is 0.728. The van der Waals surface area contributed by atoms with Crippen LogP contribution in [0.4, 0.5) is 8.78 Å². The van der Waals surface area contributed by atoms with E-state index in [9.17, 15) is 8.78 Å². The highest BCUT2D eigenvalue weighted by Gasteiger charge is 2.02. The van der Waals surface area contributed by atoms with Crippen LogP contribution < -0.4 is 0 Å². The second-order valence-corrected chi connectivity index (χ2v) is 2.37. The van der Waals surface area contributed by atoms with Crippen LogP contribution in [-0.4, -0.2) is 6.61 Å². The summed E-state index contributed by atoms with van der Waals surface area (Å²) in [7, 11) is 0. The van der Waals surface area contributed by atoms with Crippen LogP contribution in [0.5, 0.6) is 0 Å². The average Bonchev–Trinajstić information content (AvgIpc) is 2.22. The zero-order valence-electron chi connectivity index (χ0n) is 8.81. The zero-order chi connectivity index (χ0) is 11.0. The van der Waals surface area contributed by atoms with E-state index < -0.39 is 11.6 Å². The molecule has 1 aromatic carbocycles. The summed E-state index contributed by atoms with van der Waals surface area (Å²) in [6.07, 6.45) is 0. The molecule has 0 N–H and O–H groups in total. The molecule has 0 fully saturated rings. The third-order valence-electron chi connectivity index (χ3n) is 1.47. The van der Waals surface area contributed by atoms with Gasteiger partial charge < -0.3 is 4.74 Å². The van der Waals surface area contributed by atoms with Crippen molar-refractivity contribution in [2.75, 3.05) is 6.61 Å². The monoisotopic (exact) mass is 202 g/mol. The van der Waals surface area contributed by atoms with Crippen molar-refractivity contribution in [1.82, 2.24) is 0 Å². The molecular formula is C11H16F2O. The fourth-order valence-electron chi connectivity index (χ4n) is 0.866. The Hall–Kier alpha value is -0.960. The number of benzene rings is 1. The highest BCUT2D eigenvalue weighted by atomic mass is 19.1. The van der Waals surface area contributed by atoms with Gasteiger partial charge in [-0.05, 0) is 25.1 Å². The Morgan fingerprint density at radius 1 is 1.21 bits per heavy atom. The van der Waals surface area contributed by atoms with Gasteiger partial charge in [0.25, 0.3) is 0 Å². The van der Waals surface area contributed by atoms with E-state index in [0.29, 0.717) is 6.61 Å². The molecule has 1 nitrogen and oxygen atoms in total. The molecule has 0 aromatic heterocycles. The molecule has 0 bridgehead atoms. The number of rotatable bonds is 3. The van der Waals surface area contributed by atoms with Crippen molar-refractivity contribution < 1.29 is 13.5 Å². The van der Waals surface area contributed by atoms with Gasteiger partial charge in [-0.3, -0.25) is 0 Å². The first-order chi connectivity index (χ1) is 6.74. The number of hydrogen-bond donors (Lipinski definition) is 0. The second-order valence-electron chi connectivity index (χ2n) is 2.37. The van der Waals surface area contributed by atoms with Gasteiger partial charge >= 0.3 is 0 Å². The Morgan fingerprint density at radius 3 is 2.43 bits per heavy atom. The fraction of sp³-hybridized carbons (Fsp3) is 0.455. The van der Waals surface area contributed by atoms with Crippen molar-refractivity contribution in [3.63, 3.8) is 0 Å². The van der Waals surface area contributed by atoms with E-state index >= 15 is 0 Å². The Labute approximate surface area is 83.7 Å². The van der Waals surface area contributed by atoms with Crippen molar-refractivity contribution in [3.05, 3.63) is 35.4 Å². The van der Waals surface area contributed by atoms with Gasteiger partial charge in [-0.25, -0.2) is 8.78 Å². The lowest BCUT2D eigenvalue weighted by molar-refractivity contribution is 0.131. The molecule has 80 valence electrons. The van der Waals surface area contributed by atoms with E-state index in [0.717, 1.165) is 18.2 Å². The summed E-state index contributed by atoms with van der Waals surface area (Å²) in [5.74, 6) is -0.865. The largest absolute Gasteiger partial charge is 0.377 e. The second kappa shape index (κ2) is 7.44. The molecule has 0 unspecified atom stereocenters. The molecule has 0 heterocycles. The van der Waals surface area contributed by atoms with Crippen molar-refractivity contribution in [1.29, 1.82) is 0 Å². The lowest BCUT2D eigenvalue weighted by atomic mass is 10.2. The minimum absolute atomic E-state index is 0.125. The third-order valence-corrected chi connectivity index (χ3v) is 1.47. The van der Waals surface area contributed by atoms with Crippen LogP contribution in [0.15, 0.2) is 18.2 Å². The van der Waals surface area contributed by atoms with Crippen LogP contribution >= 0.6 is 0 Å². The molecule has 0 atom stereocenters. The maximum atomic E-state index is 12.8. The topological polar surface area (TPSA) is 9.23 Å². The lowest BCUT2D eigenvalue weighted by Gasteiger charge is -2.02. The number of hydrogen-bond acceptors (Lipinski definition) is 1. The summed E-state index contributed by atoms with van der Waals surface area (Å²) in [5.41, 5.74) is 0.261. The summed E-state index contributed by atoms with van der Waals surface area (Å²) in [5, 5.41) is 0. The Balaban J connectivity index is 0.000000791. The predicted molar refractivity (Wildman–Crippen MR) is 53.0 cm³/mol. The molecule has 0 aliphatic carbocycles. The van der Waals surface area contributed by atoms with Crippen molar-refractivity contribution in [2.24, 2.45) is 0 Å². The summed E-state index contributed by atoms with van der Waals surface area (Å²) < 4.78 is 30.3. The number of ether oxygens (including phenoxy) is 1. The van der Waals surface area contributed by atoms with Gasteiger partial charge in [-0.1, -0.05) is 13.8 Å². The first-order valence-electron chi connectivity index (χ1n) is 4.75. The minimum Gasteiger partial charge on any atom is -0.377 e. The van der Waals surface area contributed by atoms with Gasteiger partial charge in [0.2, 0.25) is 0 Å². The van der Waals surface area contributed by atoms with Crippen molar-refractivity contribution >= 4 is 0 Å². The predicted octanol–water partition coefficient (Wildman–Crippen LogP) is 3.53. The molecule has 3 heteroatoms. The zero-order valence-corrected chi connectivity index (χ0v) is 8.81. The maximum Gasteiger partial charge on any atom is 0.128 e. The minimum atomic E-state index is -0.439. The summed E-state index contributed by atoms with van der Waals surface area (Å²) in [6.45, 7) is 6.42. The summed E-state index contributed by atoms with van der Waals surface area (Å²) in [6, 6.07) is 3.33. The Morgan fingerprint density at radius 2 is 1.86 bits per heavy atom. The van der Waals surface area contributed by atoms with Crippen molar-refractivity contribution in [2.45, 2.75) is 27.4 Å². The van der Waals surface area contributed by atoms with Gasteiger partial charge in [0.15, 0.2) is 0 Å². The molecular weight excluding hydrogens is 186 g/mol. The van der Waals surface area contributed by atoms with Crippen molar-refractivity contribution in [3.8, 4) is 0 Å². The van der Waals surface area contributed by atoms with Crippen LogP contribution in [0, 0.1) is 11.6 Å². The molecule has 0 spiro atoms. The Kier molecular flexibility index (Phi) is 6.93. The van der Waals surface area contributed by atoms with Crippen LogP contribution in [0.25, 0.3) is 0 Å². The highest BCUT2D eigenvalue weighted by molar-refractivity contribution is 5.17. The standard InChI is InChI=1S/C9H10F2O.C2H6/c1-2-12-6-7-5-8(10)3-4-9(7)11;1-2/h3-5H,2,6H2,1H3;1-2H3. The lowest BCUT2D eigenvalue weighted by Crippen LogP contribution is -1.96. The van der Waals surface area contributed by atoms with E-state index in [2.05, 4.69) is 0 Å².